The number of anilines is 2. The van der Waals surface area contributed by atoms with Crippen molar-refractivity contribution in [2.45, 2.75) is 36.9 Å². The summed E-state index contributed by atoms with van der Waals surface area (Å²) in [6.45, 7) is 1.91. The molecule has 1 amide bonds. The van der Waals surface area contributed by atoms with E-state index in [4.69, 9.17) is 4.74 Å². The lowest BCUT2D eigenvalue weighted by Crippen LogP contribution is -2.15. The Morgan fingerprint density at radius 1 is 1.06 bits per heavy atom. The molecule has 12 heteroatoms. The minimum atomic E-state index is -4.12. The predicted molar refractivity (Wildman–Crippen MR) is 122 cm³/mol. The zero-order chi connectivity index (χ0) is 22.9. The summed E-state index contributed by atoms with van der Waals surface area (Å²) in [4.78, 5) is 25.7. The molecular weight excluding hydrogens is 472 g/mol. The lowest BCUT2D eigenvalue weighted by Gasteiger charge is -2.11. The summed E-state index contributed by atoms with van der Waals surface area (Å²) < 4.78 is 32.9. The summed E-state index contributed by atoms with van der Waals surface area (Å²) in [6.07, 6.45) is 3.41. The van der Waals surface area contributed by atoms with Gasteiger partial charge in [-0.15, -0.1) is 21.5 Å². The molecule has 0 atom stereocenters. The molecule has 3 aromatic rings. The number of aryl methyl sites for hydroxylation is 2. The molecule has 32 heavy (non-hydrogen) atoms. The monoisotopic (exact) mass is 492 g/mol. The molecule has 0 unspecified atom stereocenters. The topological polar surface area (TPSA) is 127 Å². The number of fused-ring (bicyclic) bond motifs is 1. The molecule has 9 nitrogen and oxygen atoms in total. The summed E-state index contributed by atoms with van der Waals surface area (Å²) in [5, 5.41) is 10.3. The van der Waals surface area contributed by atoms with E-state index < -0.39 is 21.9 Å². The van der Waals surface area contributed by atoms with Gasteiger partial charge in [0.15, 0.2) is 0 Å². The minimum Gasteiger partial charge on any atom is -0.465 e. The van der Waals surface area contributed by atoms with Gasteiger partial charge in [0.2, 0.25) is 5.13 Å². The number of rotatable bonds is 6. The standard InChI is InChI=1S/C20H20N4O5S3/c1-11-7-9-12(10-8-11)16(25)21-19-22-23-20(31-19)32(27,28)24-17-15(18(26)29-2)13-5-3-4-6-14(13)30-17/h7-10,24H,3-6H2,1-2H3,(H,21,22,25). The van der Waals surface area contributed by atoms with E-state index in [1.54, 1.807) is 24.3 Å². The fraction of sp³-hybridized carbons (Fsp3) is 0.300. The summed E-state index contributed by atoms with van der Waals surface area (Å²) in [5.74, 6) is -0.998. The molecule has 0 radical (unpaired) electrons. The molecule has 2 heterocycles. The molecule has 0 aliphatic heterocycles. The number of amides is 1. The first-order valence-electron chi connectivity index (χ1n) is 9.75. The molecule has 0 bridgehead atoms. The van der Waals surface area contributed by atoms with E-state index in [9.17, 15) is 18.0 Å². The lowest BCUT2D eigenvalue weighted by molar-refractivity contribution is 0.0601. The van der Waals surface area contributed by atoms with Crippen LogP contribution in [0.15, 0.2) is 28.6 Å². The number of nitrogens with one attached hydrogen (secondary N) is 2. The van der Waals surface area contributed by atoms with Crippen molar-refractivity contribution in [2.24, 2.45) is 0 Å². The van der Waals surface area contributed by atoms with E-state index in [-0.39, 0.29) is 20.0 Å². The van der Waals surface area contributed by atoms with Crippen molar-refractivity contribution in [1.82, 2.24) is 10.2 Å². The number of thiophene rings is 1. The minimum absolute atomic E-state index is 0.0506. The van der Waals surface area contributed by atoms with Crippen LogP contribution in [0.1, 0.15) is 49.6 Å². The van der Waals surface area contributed by atoms with Crippen LogP contribution in [0.2, 0.25) is 0 Å². The molecule has 2 N–H and O–H groups in total. The Kier molecular flexibility index (Phi) is 6.26. The van der Waals surface area contributed by atoms with Crippen molar-refractivity contribution in [1.29, 1.82) is 0 Å². The molecule has 1 aliphatic carbocycles. The Hall–Kier alpha value is -2.83. The van der Waals surface area contributed by atoms with Crippen molar-refractivity contribution < 1.29 is 22.7 Å². The highest BCUT2D eigenvalue weighted by atomic mass is 32.2. The summed E-state index contributed by atoms with van der Waals surface area (Å²) in [5.41, 5.74) is 2.53. The SMILES string of the molecule is COC(=O)c1c(NS(=O)(=O)c2nnc(NC(=O)c3ccc(C)cc3)s2)sc2c1CCCC2. The molecule has 0 saturated heterocycles. The number of carbonyl (C=O) groups is 2. The third-order valence-corrected chi connectivity index (χ3v) is 8.85. The van der Waals surface area contributed by atoms with Crippen LogP contribution in [-0.4, -0.2) is 37.6 Å². The zero-order valence-electron chi connectivity index (χ0n) is 17.3. The molecule has 4 rings (SSSR count). The van der Waals surface area contributed by atoms with Crippen LogP contribution >= 0.6 is 22.7 Å². The summed E-state index contributed by atoms with van der Waals surface area (Å²) >= 11 is 1.96. The maximum absolute atomic E-state index is 12.9. The van der Waals surface area contributed by atoms with Gasteiger partial charge in [-0.3, -0.25) is 14.8 Å². The first-order chi connectivity index (χ1) is 15.3. The highest BCUT2D eigenvalue weighted by molar-refractivity contribution is 7.94. The quantitative estimate of drug-likeness (QED) is 0.397. The second-order valence-electron chi connectivity index (χ2n) is 7.21. The highest BCUT2D eigenvalue weighted by Crippen LogP contribution is 2.39. The van der Waals surface area contributed by atoms with Crippen molar-refractivity contribution in [2.75, 3.05) is 17.1 Å². The largest absolute Gasteiger partial charge is 0.465 e. The number of esters is 1. The van der Waals surface area contributed by atoms with Crippen LogP contribution in [0, 0.1) is 6.92 Å². The van der Waals surface area contributed by atoms with Gasteiger partial charge in [0.1, 0.15) is 5.00 Å². The third-order valence-electron chi connectivity index (χ3n) is 4.96. The molecule has 0 spiro atoms. The van der Waals surface area contributed by atoms with Gasteiger partial charge < -0.3 is 4.74 Å². The Balaban J connectivity index is 1.56. The molecule has 2 aromatic heterocycles. The van der Waals surface area contributed by atoms with Gasteiger partial charge in [-0.1, -0.05) is 29.0 Å². The van der Waals surface area contributed by atoms with Gasteiger partial charge in [-0.2, -0.15) is 8.42 Å². The normalized spacial score (nSPS) is 13.3. The van der Waals surface area contributed by atoms with Crippen LogP contribution < -0.4 is 10.0 Å². The van der Waals surface area contributed by atoms with Crippen LogP contribution in [0.5, 0.6) is 0 Å². The van der Waals surface area contributed by atoms with Crippen molar-refractivity contribution in [3.8, 4) is 0 Å². The lowest BCUT2D eigenvalue weighted by atomic mass is 9.95. The van der Waals surface area contributed by atoms with Gasteiger partial charge in [-0.05, 0) is 50.3 Å². The molecule has 1 aliphatic rings. The smallest absolute Gasteiger partial charge is 0.341 e. The average molecular weight is 493 g/mol. The number of sulfonamides is 1. The number of hydrogen-bond donors (Lipinski definition) is 2. The number of carbonyl (C=O) groups excluding carboxylic acids is 2. The number of aromatic nitrogens is 2. The second kappa shape index (κ2) is 8.96. The Morgan fingerprint density at radius 3 is 2.50 bits per heavy atom. The first-order valence-corrected chi connectivity index (χ1v) is 12.9. The number of hydrogen-bond acceptors (Lipinski definition) is 9. The number of methoxy groups -OCH3 is 1. The van der Waals surface area contributed by atoms with E-state index in [0.29, 0.717) is 12.0 Å². The Morgan fingerprint density at radius 2 is 1.78 bits per heavy atom. The van der Waals surface area contributed by atoms with E-state index in [2.05, 4.69) is 20.2 Å². The highest BCUT2D eigenvalue weighted by Gasteiger charge is 2.30. The van der Waals surface area contributed by atoms with Gasteiger partial charge in [0.05, 0.1) is 12.7 Å². The Bertz CT molecular complexity index is 1280. The van der Waals surface area contributed by atoms with Crippen LogP contribution in [0.3, 0.4) is 0 Å². The van der Waals surface area contributed by atoms with E-state index in [1.807, 2.05) is 6.92 Å². The van der Waals surface area contributed by atoms with Gasteiger partial charge in [-0.25, -0.2) is 4.79 Å². The molecule has 0 saturated carbocycles. The fourth-order valence-corrected chi connectivity index (χ4v) is 6.84. The maximum atomic E-state index is 12.9. The van der Waals surface area contributed by atoms with E-state index in [1.165, 1.54) is 18.4 Å². The molecule has 168 valence electrons. The number of nitrogens with zero attached hydrogens (tertiary/aromatic N) is 2. The van der Waals surface area contributed by atoms with Crippen LogP contribution in [0.25, 0.3) is 0 Å². The van der Waals surface area contributed by atoms with Crippen LogP contribution in [-0.2, 0) is 27.6 Å². The molecule has 0 fully saturated rings. The zero-order valence-corrected chi connectivity index (χ0v) is 19.7. The van der Waals surface area contributed by atoms with E-state index in [0.717, 1.165) is 46.6 Å². The first kappa shape index (κ1) is 22.4. The maximum Gasteiger partial charge on any atom is 0.341 e. The van der Waals surface area contributed by atoms with Crippen molar-refractivity contribution in [3.63, 3.8) is 0 Å². The second-order valence-corrected chi connectivity index (χ2v) is 11.1. The van der Waals surface area contributed by atoms with Gasteiger partial charge in [0.25, 0.3) is 20.3 Å². The fourth-order valence-electron chi connectivity index (χ4n) is 3.36. The number of ether oxygens (including phenoxy) is 1. The molecular formula is C20H20N4O5S3. The predicted octanol–water partition coefficient (Wildman–Crippen LogP) is 3.63. The van der Waals surface area contributed by atoms with Crippen molar-refractivity contribution >= 4 is 54.7 Å². The van der Waals surface area contributed by atoms with E-state index >= 15 is 0 Å². The Labute approximate surface area is 192 Å². The number of benzene rings is 1. The summed E-state index contributed by atoms with van der Waals surface area (Å²) in [7, 11) is -2.85. The molecule has 1 aromatic carbocycles. The van der Waals surface area contributed by atoms with Crippen LogP contribution in [0.4, 0.5) is 10.1 Å². The summed E-state index contributed by atoms with van der Waals surface area (Å²) in [6, 6.07) is 6.93. The van der Waals surface area contributed by atoms with Crippen molar-refractivity contribution in [3.05, 3.63) is 51.4 Å². The van der Waals surface area contributed by atoms with Gasteiger partial charge in [0, 0.05) is 10.4 Å². The average Bonchev–Trinajstić information content (AvgIpc) is 3.38. The third kappa shape index (κ3) is 4.52. The van der Waals surface area contributed by atoms with Gasteiger partial charge >= 0.3 is 5.97 Å².